The third-order valence-corrected chi connectivity index (χ3v) is 14.9. The molecule has 53 heavy (non-hydrogen) atoms. The Bertz CT molecular complexity index is 2420. The number of sulfone groups is 1. The maximum absolute atomic E-state index is 15.5. The van der Waals surface area contributed by atoms with Crippen LogP contribution in [0.2, 0.25) is 5.02 Å². The van der Waals surface area contributed by atoms with Crippen LogP contribution in [0.3, 0.4) is 0 Å². The summed E-state index contributed by atoms with van der Waals surface area (Å²) < 4.78 is 126. The van der Waals surface area contributed by atoms with Crippen molar-refractivity contribution < 1.29 is 38.8 Å². The Labute approximate surface area is 308 Å². The number of alkyl halides is 3. The van der Waals surface area contributed by atoms with Crippen LogP contribution in [0.1, 0.15) is 86.4 Å². The molecule has 3 aliphatic rings. The second-order valence-corrected chi connectivity index (χ2v) is 19.4. The molecule has 0 aliphatic heterocycles. The third kappa shape index (κ3) is 7.01. The Morgan fingerprint density at radius 3 is 2.26 bits per heavy atom. The number of nitrogens with two attached hydrogens (primary N) is 1. The predicted molar refractivity (Wildman–Crippen MR) is 192 cm³/mol. The van der Waals surface area contributed by atoms with E-state index in [4.69, 9.17) is 22.3 Å². The molecule has 9 nitrogen and oxygen atoms in total. The highest BCUT2D eigenvalue weighted by atomic mass is 35.5. The van der Waals surface area contributed by atoms with E-state index in [1.165, 1.54) is 26.0 Å². The van der Waals surface area contributed by atoms with Crippen molar-refractivity contribution in [3.63, 3.8) is 0 Å². The van der Waals surface area contributed by atoms with Crippen molar-refractivity contribution in [3.8, 4) is 23.0 Å². The Morgan fingerprint density at radius 2 is 1.64 bits per heavy atom. The average molecular weight is 796 g/mol. The number of sulfonamides is 1. The summed E-state index contributed by atoms with van der Waals surface area (Å²) in [6, 6.07) is 4.64. The molecule has 4 aromatic rings. The van der Waals surface area contributed by atoms with E-state index in [1.54, 1.807) is 0 Å². The smallest absolute Gasteiger partial charge is 0.289 e. The molecule has 17 heteroatoms. The Morgan fingerprint density at radius 1 is 1.00 bits per heavy atom. The summed E-state index contributed by atoms with van der Waals surface area (Å²) in [6.07, 6.45) is -3.46. The number of pyridine rings is 1. The van der Waals surface area contributed by atoms with Gasteiger partial charge in [0, 0.05) is 17.2 Å². The summed E-state index contributed by atoms with van der Waals surface area (Å²) in [5.74, 6) is 3.76. The molecule has 3 aliphatic carbocycles. The fourth-order valence-electron chi connectivity index (χ4n) is 6.90. The summed E-state index contributed by atoms with van der Waals surface area (Å²) in [7, 11) is -7.62. The zero-order valence-corrected chi connectivity index (χ0v) is 31.0. The van der Waals surface area contributed by atoms with Crippen molar-refractivity contribution in [2.24, 2.45) is 5.73 Å². The molecule has 7 rings (SSSR count). The van der Waals surface area contributed by atoms with Crippen LogP contribution >= 0.6 is 11.6 Å². The van der Waals surface area contributed by atoms with E-state index in [2.05, 4.69) is 21.7 Å². The van der Waals surface area contributed by atoms with Gasteiger partial charge in [0.1, 0.15) is 22.1 Å². The van der Waals surface area contributed by atoms with E-state index >= 15 is 4.39 Å². The van der Waals surface area contributed by atoms with Gasteiger partial charge in [-0.2, -0.15) is 5.10 Å². The van der Waals surface area contributed by atoms with E-state index in [0.717, 1.165) is 12.1 Å². The molecule has 2 saturated carbocycles. The van der Waals surface area contributed by atoms with Gasteiger partial charge in [0.05, 0.1) is 38.2 Å². The standard InChI is InChI=1S/C36H35ClF5N5O4S2/c1-36(2,52(48,49)21-6-7-21)13-12-28-23-4-3-5-24(23)29(31(44-28)27(43)16-18-14-19(38)17-20(39)15-18)25-10-11-26(37)30-32(25)47(34(42)33(40)41)45-35(30)46-53(50,51)22-8-9-22/h10-11,14-15,17,21-22,27,33-34H,3-9,16,43H2,1-2H3,(H,45,46)/t27-,34?/m0/s1. The number of benzene rings is 2. The fraction of sp³-hybridized carbons (Fsp3) is 0.444. The number of nitrogens with one attached hydrogen (secondary N) is 1. The van der Waals surface area contributed by atoms with Gasteiger partial charge in [0.25, 0.3) is 12.7 Å². The predicted octanol–water partition coefficient (Wildman–Crippen LogP) is 7.11. The molecule has 2 atom stereocenters. The summed E-state index contributed by atoms with van der Waals surface area (Å²) in [6.45, 7) is 3.04. The van der Waals surface area contributed by atoms with Crippen molar-refractivity contribution in [2.45, 2.75) is 99.2 Å². The normalized spacial score (nSPS) is 17.5. The minimum Gasteiger partial charge on any atom is -0.322 e. The molecule has 0 saturated heterocycles. The molecule has 2 fully saturated rings. The molecule has 2 heterocycles. The van der Waals surface area contributed by atoms with Gasteiger partial charge in [-0.3, -0.25) is 4.72 Å². The monoisotopic (exact) mass is 795 g/mol. The summed E-state index contributed by atoms with van der Waals surface area (Å²) in [5.41, 5.74) is 8.69. The molecule has 1 unspecified atom stereocenters. The van der Waals surface area contributed by atoms with Crippen LogP contribution in [0, 0.1) is 23.5 Å². The third-order valence-electron chi connectivity index (χ3n) is 9.89. The zero-order chi connectivity index (χ0) is 38.2. The Hall–Kier alpha value is -3.78. The molecule has 0 radical (unpaired) electrons. The van der Waals surface area contributed by atoms with Gasteiger partial charge in [0.15, 0.2) is 15.7 Å². The second kappa shape index (κ2) is 13.5. The van der Waals surface area contributed by atoms with Gasteiger partial charge >= 0.3 is 0 Å². The molecule has 2 aromatic heterocycles. The van der Waals surface area contributed by atoms with E-state index in [9.17, 15) is 34.4 Å². The molecule has 282 valence electrons. The highest BCUT2D eigenvalue weighted by molar-refractivity contribution is 7.94. The van der Waals surface area contributed by atoms with Crippen molar-refractivity contribution in [1.29, 1.82) is 0 Å². The van der Waals surface area contributed by atoms with Crippen molar-refractivity contribution in [2.75, 3.05) is 4.72 Å². The number of aromatic nitrogens is 3. The largest absolute Gasteiger partial charge is 0.322 e. The molecular formula is C36H35ClF5N5O4S2. The van der Waals surface area contributed by atoms with Crippen LogP contribution in [0.5, 0.6) is 0 Å². The highest BCUT2D eigenvalue weighted by Crippen LogP contribution is 2.46. The lowest BCUT2D eigenvalue weighted by atomic mass is 9.89. The number of halogens is 6. The van der Waals surface area contributed by atoms with Crippen molar-refractivity contribution in [1.82, 2.24) is 14.8 Å². The first-order valence-corrected chi connectivity index (χ1v) is 20.5. The summed E-state index contributed by atoms with van der Waals surface area (Å²) in [5, 5.41) is 2.55. The molecule has 0 spiro atoms. The lowest BCUT2D eigenvalue weighted by molar-refractivity contribution is 0.00367. The number of anilines is 1. The molecule has 3 N–H and O–H groups in total. The van der Waals surface area contributed by atoms with Crippen molar-refractivity contribution >= 4 is 48.2 Å². The van der Waals surface area contributed by atoms with E-state index in [0.29, 0.717) is 66.8 Å². The second-order valence-electron chi connectivity index (χ2n) is 14.3. The minimum absolute atomic E-state index is 0.0998. The van der Waals surface area contributed by atoms with Crippen LogP contribution in [0.15, 0.2) is 30.3 Å². The molecule has 2 aromatic carbocycles. The van der Waals surface area contributed by atoms with E-state index < -0.39 is 71.3 Å². The molecular weight excluding hydrogens is 761 g/mol. The quantitative estimate of drug-likeness (QED) is 0.122. The molecule has 0 amide bonds. The number of hydrogen-bond donors (Lipinski definition) is 2. The SMILES string of the molecule is CC(C)(C#Cc1nc([C@@H](N)Cc2cc(F)cc(F)c2)c(-c2ccc(Cl)c3c(NS(=O)(=O)C4CC4)nn(C(F)C(F)F)c23)c2c1CCC2)S(=O)(=O)C1CC1. The summed E-state index contributed by atoms with van der Waals surface area (Å²) >= 11 is 6.60. The Kier molecular flexibility index (Phi) is 9.56. The lowest BCUT2D eigenvalue weighted by Crippen LogP contribution is -2.33. The van der Waals surface area contributed by atoms with Gasteiger partial charge < -0.3 is 5.73 Å². The fourth-order valence-corrected chi connectivity index (χ4v) is 10.3. The number of fused-ring (bicyclic) bond motifs is 2. The molecule has 0 bridgehead atoms. The first-order chi connectivity index (χ1) is 24.9. The number of hydrogen-bond acceptors (Lipinski definition) is 7. The van der Waals surface area contributed by atoms with Crippen LogP contribution < -0.4 is 10.5 Å². The van der Waals surface area contributed by atoms with Gasteiger partial charge in [-0.15, -0.1) is 0 Å². The van der Waals surface area contributed by atoms with Crippen LogP contribution in [-0.4, -0.2) is 53.3 Å². The maximum atomic E-state index is 15.5. The van der Waals surface area contributed by atoms with Gasteiger partial charge in [0.2, 0.25) is 10.0 Å². The number of rotatable bonds is 11. The lowest BCUT2D eigenvalue weighted by Gasteiger charge is -2.22. The topological polar surface area (TPSA) is 137 Å². The van der Waals surface area contributed by atoms with Crippen LogP contribution in [0.4, 0.5) is 27.8 Å². The first-order valence-electron chi connectivity index (χ1n) is 17.1. The van der Waals surface area contributed by atoms with Gasteiger partial charge in [-0.05, 0) is 106 Å². The number of nitrogens with zero attached hydrogens (tertiary/aromatic N) is 3. The van der Waals surface area contributed by atoms with Crippen molar-refractivity contribution in [3.05, 3.63) is 75.1 Å². The maximum Gasteiger partial charge on any atom is 0.289 e. The average Bonchev–Trinajstić information content (AvgIpc) is 4.01. The zero-order valence-electron chi connectivity index (χ0n) is 28.6. The Balaban J connectivity index is 1.49. The van der Waals surface area contributed by atoms with Gasteiger partial charge in [-0.25, -0.2) is 48.5 Å². The van der Waals surface area contributed by atoms with Crippen LogP contribution in [-0.2, 0) is 39.1 Å². The minimum atomic E-state index is -4.01. The van der Waals surface area contributed by atoms with Gasteiger partial charge in [-0.1, -0.05) is 23.6 Å². The highest BCUT2D eigenvalue weighted by Gasteiger charge is 2.45. The first kappa shape index (κ1) is 37.5. The van der Waals surface area contributed by atoms with E-state index in [1.807, 2.05) is 0 Å². The summed E-state index contributed by atoms with van der Waals surface area (Å²) in [4.78, 5) is 4.85. The van der Waals surface area contributed by atoms with Crippen LogP contribution in [0.25, 0.3) is 22.0 Å². The van der Waals surface area contributed by atoms with E-state index in [-0.39, 0.29) is 50.4 Å².